The van der Waals surface area contributed by atoms with Gasteiger partial charge in [-0.1, -0.05) is 23.7 Å². The molecule has 5 rings (SSSR count). The van der Waals surface area contributed by atoms with E-state index in [-0.39, 0.29) is 21.7 Å². The van der Waals surface area contributed by atoms with Gasteiger partial charge in [0.25, 0.3) is 0 Å². The van der Waals surface area contributed by atoms with Crippen LogP contribution in [0.15, 0.2) is 53.6 Å². The quantitative estimate of drug-likeness (QED) is 0.322. The van der Waals surface area contributed by atoms with Gasteiger partial charge in [0.1, 0.15) is 17.9 Å². The summed E-state index contributed by atoms with van der Waals surface area (Å²) >= 11 is 6.37. The lowest BCUT2D eigenvalue weighted by atomic mass is 10.3. The van der Waals surface area contributed by atoms with E-state index in [0.717, 1.165) is 18.4 Å². The van der Waals surface area contributed by atoms with Crippen LogP contribution >= 0.6 is 18.7 Å². The second-order valence-corrected chi connectivity index (χ2v) is 16.3. The van der Waals surface area contributed by atoms with Crippen LogP contribution in [-0.4, -0.2) is 67.1 Å². The molecule has 3 aromatic rings. The van der Waals surface area contributed by atoms with Gasteiger partial charge < -0.3 is 19.9 Å². The van der Waals surface area contributed by atoms with Crippen molar-refractivity contribution in [3.63, 3.8) is 0 Å². The van der Waals surface area contributed by atoms with Crippen molar-refractivity contribution in [1.82, 2.24) is 14.9 Å². The fourth-order valence-corrected chi connectivity index (χ4v) is 8.68. The van der Waals surface area contributed by atoms with Gasteiger partial charge in [-0.25, -0.2) is 13.4 Å². The van der Waals surface area contributed by atoms with Gasteiger partial charge in [0.2, 0.25) is 5.95 Å². The van der Waals surface area contributed by atoms with Gasteiger partial charge in [0, 0.05) is 36.8 Å². The third kappa shape index (κ3) is 5.94. The molecule has 1 aliphatic heterocycles. The number of nitrogens with zero attached hydrogens (tertiary/aromatic N) is 3. The summed E-state index contributed by atoms with van der Waals surface area (Å²) in [6, 6.07) is 12.9. The molecule has 0 unspecified atom stereocenters. The van der Waals surface area contributed by atoms with Crippen molar-refractivity contribution in [3.8, 4) is 5.75 Å². The summed E-state index contributed by atoms with van der Waals surface area (Å²) in [4.78, 5) is 11.4. The van der Waals surface area contributed by atoms with E-state index in [1.165, 1.54) is 19.0 Å². The Labute approximate surface area is 234 Å². The van der Waals surface area contributed by atoms with Crippen LogP contribution in [0.4, 0.5) is 23.1 Å². The number of hydrogen-bond donors (Lipinski definition) is 2. The molecule has 0 amide bonds. The van der Waals surface area contributed by atoms with Gasteiger partial charge >= 0.3 is 0 Å². The molecule has 0 bridgehead atoms. The number of para-hydroxylation sites is 1. The Morgan fingerprint density at radius 1 is 1.08 bits per heavy atom. The Morgan fingerprint density at radius 2 is 1.79 bits per heavy atom. The third-order valence-corrected chi connectivity index (χ3v) is 12.8. The first kappa shape index (κ1) is 27.9. The molecular formula is C27H33ClN5O4PS. The number of hydrogen-bond acceptors (Lipinski definition) is 9. The maximum atomic E-state index is 13.8. The van der Waals surface area contributed by atoms with E-state index in [1.807, 2.05) is 18.2 Å². The SMILES string of the molecule is COc1cc(P2(=O)CCN(C3CC3)CC2)ccc1Nc1ncc(Cl)c(Nc2ccccc2S(=O)(=O)C(C)C)n1. The number of methoxy groups -OCH3 is 1. The summed E-state index contributed by atoms with van der Waals surface area (Å²) in [6.07, 6.45) is 5.31. The summed E-state index contributed by atoms with van der Waals surface area (Å²) in [5.41, 5.74) is 0.984. The molecule has 2 fully saturated rings. The summed E-state index contributed by atoms with van der Waals surface area (Å²) in [6.45, 7) is 5.02. The maximum absolute atomic E-state index is 13.8. The Morgan fingerprint density at radius 3 is 2.46 bits per heavy atom. The molecule has 2 N–H and O–H groups in total. The van der Waals surface area contributed by atoms with Crippen LogP contribution < -0.4 is 20.7 Å². The molecule has 9 nitrogen and oxygen atoms in total. The predicted molar refractivity (Wildman–Crippen MR) is 157 cm³/mol. The van der Waals surface area contributed by atoms with Gasteiger partial charge in [-0.2, -0.15) is 4.98 Å². The van der Waals surface area contributed by atoms with Crippen LogP contribution in [0.5, 0.6) is 5.75 Å². The standard InChI is InChI=1S/C27H33ClN5O4PS/c1-18(2)39(35,36)25-7-5-4-6-23(25)30-26-21(28)17-29-27(32-26)31-22-11-10-20(16-24(22)37-3)38(34)14-12-33(13-15-38)19-8-9-19/h4-7,10-11,16-19H,8-9,12-15H2,1-3H3,(H2,29,30,31,32). The average molecular weight is 590 g/mol. The third-order valence-electron chi connectivity index (χ3n) is 7.27. The lowest BCUT2D eigenvalue weighted by Crippen LogP contribution is -2.38. The molecule has 39 heavy (non-hydrogen) atoms. The maximum Gasteiger partial charge on any atom is 0.229 e. The second kappa shape index (κ2) is 11.1. The van der Waals surface area contributed by atoms with Gasteiger partial charge in [0.15, 0.2) is 15.7 Å². The van der Waals surface area contributed by atoms with Crippen molar-refractivity contribution in [1.29, 1.82) is 0 Å². The normalized spacial score (nSPS) is 17.7. The Kier molecular flexibility index (Phi) is 7.93. The van der Waals surface area contributed by atoms with Crippen molar-refractivity contribution in [3.05, 3.63) is 53.7 Å². The summed E-state index contributed by atoms with van der Waals surface area (Å²) < 4.78 is 45.1. The number of benzene rings is 2. The lowest BCUT2D eigenvalue weighted by Gasteiger charge is -2.32. The molecule has 1 aliphatic carbocycles. The number of rotatable bonds is 9. The zero-order valence-corrected chi connectivity index (χ0v) is 24.7. The topological polar surface area (TPSA) is 114 Å². The van der Waals surface area contributed by atoms with E-state index >= 15 is 0 Å². The summed E-state index contributed by atoms with van der Waals surface area (Å²) in [5.74, 6) is 1.03. The molecule has 0 atom stereocenters. The highest BCUT2D eigenvalue weighted by Crippen LogP contribution is 2.49. The minimum atomic E-state index is -3.54. The zero-order valence-electron chi connectivity index (χ0n) is 22.2. The van der Waals surface area contributed by atoms with Gasteiger partial charge in [-0.3, -0.25) is 4.90 Å². The smallest absolute Gasteiger partial charge is 0.229 e. The number of nitrogens with one attached hydrogen (secondary N) is 2. The summed E-state index contributed by atoms with van der Waals surface area (Å²) in [7, 11) is -4.46. The number of aromatic nitrogens is 2. The highest BCUT2D eigenvalue weighted by Gasteiger charge is 2.37. The molecule has 1 aromatic heterocycles. The van der Waals surface area contributed by atoms with Crippen LogP contribution in [0.25, 0.3) is 0 Å². The number of ether oxygens (including phenoxy) is 1. The molecule has 1 saturated carbocycles. The lowest BCUT2D eigenvalue weighted by molar-refractivity contribution is 0.285. The minimum Gasteiger partial charge on any atom is -0.495 e. The first-order valence-electron chi connectivity index (χ1n) is 13.0. The van der Waals surface area contributed by atoms with E-state index in [1.54, 1.807) is 45.2 Å². The first-order chi connectivity index (χ1) is 18.6. The number of sulfone groups is 1. The molecule has 0 radical (unpaired) electrons. The average Bonchev–Trinajstić information content (AvgIpc) is 3.77. The van der Waals surface area contributed by atoms with Crippen molar-refractivity contribution < 1.29 is 17.7 Å². The second-order valence-electron chi connectivity index (χ2n) is 10.2. The highest BCUT2D eigenvalue weighted by atomic mass is 35.5. The van der Waals surface area contributed by atoms with Gasteiger partial charge in [-0.05, 0) is 57.0 Å². The summed E-state index contributed by atoms with van der Waals surface area (Å²) in [5, 5.41) is 6.67. The molecule has 2 aromatic carbocycles. The van der Waals surface area contributed by atoms with Crippen molar-refractivity contribution >= 4 is 57.0 Å². The fourth-order valence-electron chi connectivity index (χ4n) is 4.74. The van der Waals surface area contributed by atoms with E-state index < -0.39 is 22.2 Å². The minimum absolute atomic E-state index is 0.166. The van der Waals surface area contributed by atoms with E-state index in [2.05, 4.69) is 25.5 Å². The Bertz CT molecular complexity index is 1520. The van der Waals surface area contributed by atoms with Crippen LogP contribution in [0.2, 0.25) is 5.02 Å². The first-order valence-corrected chi connectivity index (χ1v) is 17.0. The Balaban J connectivity index is 1.37. The zero-order chi connectivity index (χ0) is 27.8. The number of anilines is 4. The fraction of sp³-hybridized carbons (Fsp3) is 0.407. The van der Waals surface area contributed by atoms with Gasteiger partial charge in [-0.15, -0.1) is 0 Å². The van der Waals surface area contributed by atoms with E-state index in [9.17, 15) is 13.0 Å². The molecule has 1 saturated heterocycles. The largest absolute Gasteiger partial charge is 0.495 e. The molecule has 12 heteroatoms. The van der Waals surface area contributed by atoms with Crippen LogP contribution in [0.1, 0.15) is 26.7 Å². The predicted octanol–water partition coefficient (Wildman–Crippen LogP) is 5.27. The highest BCUT2D eigenvalue weighted by molar-refractivity contribution is 7.92. The van der Waals surface area contributed by atoms with Crippen LogP contribution in [-0.2, 0) is 14.4 Å². The van der Waals surface area contributed by atoms with Crippen LogP contribution in [0, 0.1) is 0 Å². The number of halogens is 1. The van der Waals surface area contributed by atoms with E-state index in [4.69, 9.17) is 16.3 Å². The molecule has 0 spiro atoms. The van der Waals surface area contributed by atoms with Crippen molar-refractivity contribution in [2.24, 2.45) is 0 Å². The molecular weight excluding hydrogens is 557 g/mol. The van der Waals surface area contributed by atoms with Crippen molar-refractivity contribution in [2.45, 2.75) is 42.9 Å². The van der Waals surface area contributed by atoms with Gasteiger partial charge in [0.05, 0.1) is 34.8 Å². The van der Waals surface area contributed by atoms with E-state index in [0.29, 0.717) is 35.5 Å². The van der Waals surface area contributed by atoms with Crippen LogP contribution in [0.3, 0.4) is 0 Å². The Hall–Kier alpha value is -2.65. The molecule has 2 aliphatic rings. The molecule has 208 valence electrons. The molecule has 2 heterocycles. The monoisotopic (exact) mass is 589 g/mol. The van der Waals surface area contributed by atoms with Crippen molar-refractivity contribution in [2.75, 3.05) is 43.2 Å².